The lowest BCUT2D eigenvalue weighted by atomic mass is 9.88. The minimum atomic E-state index is -0.165. The van der Waals surface area contributed by atoms with Gasteiger partial charge >= 0.3 is 0 Å². The molecule has 2 N–H and O–H groups in total. The van der Waals surface area contributed by atoms with Crippen LogP contribution in [0.1, 0.15) is 56.1 Å². The summed E-state index contributed by atoms with van der Waals surface area (Å²) in [5.74, 6) is 1.54. The van der Waals surface area contributed by atoms with Crippen LogP contribution in [0.4, 0.5) is 5.69 Å². The van der Waals surface area contributed by atoms with E-state index >= 15 is 0 Å². The number of hydrogen-bond acceptors (Lipinski definition) is 2. The third-order valence-electron chi connectivity index (χ3n) is 7.27. The minimum absolute atomic E-state index is 0.165. The Morgan fingerprint density at radius 1 is 1.00 bits per heavy atom. The molecule has 0 heterocycles. The Morgan fingerprint density at radius 3 is 2.72 bits per heavy atom. The largest absolute Gasteiger partial charge is 0.392 e. The lowest BCUT2D eigenvalue weighted by Crippen LogP contribution is -2.17. The van der Waals surface area contributed by atoms with E-state index in [2.05, 4.69) is 85.1 Å². The molecule has 4 atom stereocenters. The maximum Gasteiger partial charge on any atom is 0.0611 e. The van der Waals surface area contributed by atoms with E-state index in [1.807, 2.05) is 0 Å². The highest BCUT2D eigenvalue weighted by molar-refractivity contribution is 5.42. The van der Waals surface area contributed by atoms with Gasteiger partial charge in [-0.3, -0.25) is 0 Å². The Labute approximate surface area is 194 Å². The van der Waals surface area contributed by atoms with E-state index in [1.165, 1.54) is 48.9 Å². The van der Waals surface area contributed by atoms with Crippen molar-refractivity contribution in [3.05, 3.63) is 89.5 Å². The first kappa shape index (κ1) is 22.9. The molecular formula is C30H39NO. The van der Waals surface area contributed by atoms with E-state index in [-0.39, 0.29) is 6.10 Å². The fraction of sp³-hybridized carbons (Fsp3) is 0.467. The predicted molar refractivity (Wildman–Crippen MR) is 136 cm³/mol. The Kier molecular flexibility index (Phi) is 8.23. The number of unbranched alkanes of at least 4 members (excludes halogenated alkanes) is 2. The number of hydrogen-bond donors (Lipinski definition) is 2. The van der Waals surface area contributed by atoms with Gasteiger partial charge in [-0.05, 0) is 81.4 Å². The van der Waals surface area contributed by atoms with Gasteiger partial charge in [-0.1, -0.05) is 78.3 Å². The highest BCUT2D eigenvalue weighted by Crippen LogP contribution is 2.48. The van der Waals surface area contributed by atoms with Crippen LogP contribution in [0, 0.1) is 24.7 Å². The zero-order chi connectivity index (χ0) is 22.2. The van der Waals surface area contributed by atoms with Crippen LogP contribution in [0.2, 0.25) is 0 Å². The van der Waals surface area contributed by atoms with Crippen LogP contribution in [0.25, 0.3) is 0 Å². The highest BCUT2D eigenvalue weighted by atomic mass is 16.3. The number of anilines is 1. The van der Waals surface area contributed by atoms with E-state index in [0.29, 0.717) is 17.8 Å². The second-order valence-electron chi connectivity index (χ2n) is 9.80. The molecule has 2 aliphatic rings. The van der Waals surface area contributed by atoms with Crippen molar-refractivity contribution >= 4 is 5.69 Å². The molecule has 0 saturated heterocycles. The van der Waals surface area contributed by atoms with Crippen molar-refractivity contribution in [3.8, 4) is 0 Å². The van der Waals surface area contributed by atoms with Crippen molar-refractivity contribution in [3.63, 3.8) is 0 Å². The van der Waals surface area contributed by atoms with E-state index < -0.39 is 0 Å². The van der Waals surface area contributed by atoms with Gasteiger partial charge in [0.1, 0.15) is 0 Å². The molecule has 0 spiro atoms. The maximum atomic E-state index is 10.6. The number of aliphatic hydroxyl groups is 1. The van der Waals surface area contributed by atoms with Gasteiger partial charge in [-0.2, -0.15) is 0 Å². The fourth-order valence-corrected chi connectivity index (χ4v) is 5.60. The van der Waals surface area contributed by atoms with Crippen molar-refractivity contribution in [1.82, 2.24) is 0 Å². The van der Waals surface area contributed by atoms with Gasteiger partial charge in [-0.15, -0.1) is 0 Å². The Balaban J connectivity index is 1.15. The van der Waals surface area contributed by atoms with Crippen LogP contribution in [0.3, 0.4) is 0 Å². The molecule has 2 aromatic rings. The zero-order valence-electron chi connectivity index (χ0n) is 19.5. The predicted octanol–water partition coefficient (Wildman–Crippen LogP) is 7.10. The molecule has 0 radical (unpaired) electrons. The van der Waals surface area contributed by atoms with Crippen molar-refractivity contribution in [2.75, 3.05) is 11.9 Å². The molecule has 2 aliphatic carbocycles. The number of fused-ring (bicyclic) bond motifs is 1. The smallest absolute Gasteiger partial charge is 0.0611 e. The molecule has 32 heavy (non-hydrogen) atoms. The highest BCUT2D eigenvalue weighted by Gasteiger charge is 2.42. The summed E-state index contributed by atoms with van der Waals surface area (Å²) in [6, 6.07) is 19.3. The second-order valence-corrected chi connectivity index (χ2v) is 9.80. The van der Waals surface area contributed by atoms with Gasteiger partial charge < -0.3 is 10.4 Å². The Morgan fingerprint density at radius 2 is 1.88 bits per heavy atom. The third-order valence-corrected chi connectivity index (χ3v) is 7.27. The summed E-state index contributed by atoms with van der Waals surface area (Å²) in [4.78, 5) is 0. The molecule has 0 aliphatic heterocycles. The van der Waals surface area contributed by atoms with Gasteiger partial charge in [0, 0.05) is 18.2 Å². The molecule has 0 amide bonds. The molecule has 170 valence electrons. The van der Waals surface area contributed by atoms with Crippen molar-refractivity contribution in [2.45, 2.75) is 64.4 Å². The van der Waals surface area contributed by atoms with E-state index in [1.54, 1.807) is 5.57 Å². The standard InChI is InChI=1S/C30H39NO/c1-23-11-10-14-24(19-23)12-7-8-17-28-29-21-25(20-26(29)22-30(28)32)13-4-3-9-18-31-27-15-5-2-6-16-27/h2,5-6,8,10-11,14-17,19-20,26,28-32H,3-4,7,9,12-13,18,21-22H2,1H3/b17-8+/t26-,28+,29-,30+/m0/s1. The number of nitrogens with one attached hydrogen (secondary N) is 1. The number of rotatable bonds is 11. The van der Waals surface area contributed by atoms with E-state index in [4.69, 9.17) is 0 Å². The quantitative estimate of drug-likeness (QED) is 0.295. The SMILES string of the molecule is Cc1cccc(CC/C=C/[C@@H]2[C@H]3CC(CCCCCNc4ccccc4)=C[C@H]3C[C@H]2O)c1. The first-order chi connectivity index (χ1) is 15.7. The second kappa shape index (κ2) is 11.5. The monoisotopic (exact) mass is 429 g/mol. The molecular weight excluding hydrogens is 390 g/mol. The molecule has 0 bridgehead atoms. The van der Waals surface area contributed by atoms with Crippen LogP contribution in [-0.2, 0) is 6.42 Å². The van der Waals surface area contributed by atoms with Crippen molar-refractivity contribution < 1.29 is 5.11 Å². The topological polar surface area (TPSA) is 32.3 Å². The minimum Gasteiger partial charge on any atom is -0.392 e. The Hall–Kier alpha value is -2.32. The molecule has 2 heteroatoms. The normalized spacial score (nSPS) is 24.6. The molecule has 1 saturated carbocycles. The fourth-order valence-electron chi connectivity index (χ4n) is 5.60. The summed E-state index contributed by atoms with van der Waals surface area (Å²) >= 11 is 0. The van der Waals surface area contributed by atoms with Gasteiger partial charge in [0.05, 0.1) is 6.10 Å². The van der Waals surface area contributed by atoms with Crippen molar-refractivity contribution in [1.29, 1.82) is 0 Å². The Bertz CT molecular complexity index is 900. The van der Waals surface area contributed by atoms with Crippen LogP contribution in [-0.4, -0.2) is 17.8 Å². The zero-order valence-corrected chi connectivity index (χ0v) is 19.5. The molecule has 1 fully saturated rings. The van der Waals surface area contributed by atoms with Crippen LogP contribution >= 0.6 is 0 Å². The number of aliphatic hydroxyl groups excluding tert-OH is 1. The lowest BCUT2D eigenvalue weighted by Gasteiger charge is -2.18. The van der Waals surface area contributed by atoms with Gasteiger partial charge in [-0.25, -0.2) is 0 Å². The average Bonchev–Trinajstić information content (AvgIpc) is 3.31. The first-order valence-electron chi connectivity index (χ1n) is 12.6. The summed E-state index contributed by atoms with van der Waals surface area (Å²) < 4.78 is 0. The number of benzene rings is 2. The summed E-state index contributed by atoms with van der Waals surface area (Å²) in [6.07, 6.45) is 16.3. The number of allylic oxidation sites excluding steroid dienone is 3. The average molecular weight is 430 g/mol. The molecule has 0 unspecified atom stereocenters. The van der Waals surface area contributed by atoms with E-state index in [0.717, 1.165) is 25.8 Å². The van der Waals surface area contributed by atoms with Gasteiger partial charge in [0.2, 0.25) is 0 Å². The maximum absolute atomic E-state index is 10.6. The van der Waals surface area contributed by atoms with Crippen LogP contribution in [0.15, 0.2) is 78.4 Å². The van der Waals surface area contributed by atoms with Crippen LogP contribution < -0.4 is 5.32 Å². The first-order valence-corrected chi connectivity index (χ1v) is 12.6. The third kappa shape index (κ3) is 6.36. The summed E-state index contributed by atoms with van der Waals surface area (Å²) in [7, 11) is 0. The summed E-state index contributed by atoms with van der Waals surface area (Å²) in [6.45, 7) is 3.20. The molecule has 2 nitrogen and oxygen atoms in total. The molecule has 4 rings (SSSR count). The lowest BCUT2D eigenvalue weighted by molar-refractivity contribution is 0.141. The number of para-hydroxylation sites is 1. The van der Waals surface area contributed by atoms with Gasteiger partial charge in [0.25, 0.3) is 0 Å². The summed E-state index contributed by atoms with van der Waals surface area (Å²) in [5.41, 5.74) is 5.59. The summed E-state index contributed by atoms with van der Waals surface area (Å²) in [5, 5.41) is 14.1. The van der Waals surface area contributed by atoms with E-state index in [9.17, 15) is 5.11 Å². The molecule has 2 aromatic carbocycles. The van der Waals surface area contributed by atoms with Gasteiger partial charge in [0.15, 0.2) is 0 Å². The van der Waals surface area contributed by atoms with Crippen LogP contribution in [0.5, 0.6) is 0 Å². The molecule has 0 aromatic heterocycles. The number of aryl methyl sites for hydroxylation is 2. The van der Waals surface area contributed by atoms with Crippen molar-refractivity contribution in [2.24, 2.45) is 17.8 Å².